The van der Waals surface area contributed by atoms with Gasteiger partial charge in [0.05, 0.1) is 7.11 Å². The standard InChI is InChI=1S/C11H21NO2.ClH/c1-14-11(13)7-6-9-2-4-10(8-12)5-3-9;/h9-10H,2-8,12H2,1H3;1H/t9-,10-;. The number of esters is 1. The van der Waals surface area contributed by atoms with Crippen molar-refractivity contribution in [1.82, 2.24) is 0 Å². The summed E-state index contributed by atoms with van der Waals surface area (Å²) >= 11 is 0. The second kappa shape index (κ2) is 7.94. The number of carbonyl (C=O) groups excluding carboxylic acids is 1. The zero-order chi connectivity index (χ0) is 10.4. The van der Waals surface area contributed by atoms with Gasteiger partial charge in [-0.15, -0.1) is 12.4 Å². The van der Waals surface area contributed by atoms with Crippen LogP contribution in [0.1, 0.15) is 38.5 Å². The Hall–Kier alpha value is -0.280. The number of nitrogens with two attached hydrogens (primary N) is 1. The summed E-state index contributed by atoms with van der Waals surface area (Å²) in [5.41, 5.74) is 5.62. The van der Waals surface area contributed by atoms with Gasteiger partial charge in [0.2, 0.25) is 0 Å². The van der Waals surface area contributed by atoms with Crippen molar-refractivity contribution in [3.05, 3.63) is 0 Å². The monoisotopic (exact) mass is 235 g/mol. The number of hydrogen-bond donors (Lipinski definition) is 1. The van der Waals surface area contributed by atoms with Gasteiger partial charge in [0.1, 0.15) is 0 Å². The molecule has 0 aromatic heterocycles. The van der Waals surface area contributed by atoms with E-state index in [0.717, 1.165) is 24.8 Å². The Bertz CT molecular complexity index is 179. The lowest BCUT2D eigenvalue weighted by Gasteiger charge is -2.27. The van der Waals surface area contributed by atoms with E-state index in [0.29, 0.717) is 6.42 Å². The molecule has 0 aromatic rings. The van der Waals surface area contributed by atoms with Crippen LogP contribution in [0.5, 0.6) is 0 Å². The Labute approximate surface area is 98.2 Å². The molecule has 2 N–H and O–H groups in total. The largest absolute Gasteiger partial charge is 0.469 e. The predicted molar refractivity (Wildman–Crippen MR) is 63.0 cm³/mol. The third-order valence-corrected chi connectivity index (χ3v) is 3.28. The first-order valence-corrected chi connectivity index (χ1v) is 5.53. The van der Waals surface area contributed by atoms with Crippen LogP contribution in [0.2, 0.25) is 0 Å². The molecule has 1 saturated carbocycles. The molecule has 0 unspecified atom stereocenters. The molecule has 0 aliphatic heterocycles. The first kappa shape index (κ1) is 14.7. The quantitative estimate of drug-likeness (QED) is 0.760. The molecule has 1 rings (SSSR count). The number of carbonyl (C=O) groups is 1. The van der Waals surface area contributed by atoms with E-state index in [4.69, 9.17) is 5.73 Å². The summed E-state index contributed by atoms with van der Waals surface area (Å²) in [7, 11) is 1.45. The molecule has 90 valence electrons. The molecular weight excluding hydrogens is 214 g/mol. The van der Waals surface area contributed by atoms with E-state index in [9.17, 15) is 4.79 Å². The summed E-state index contributed by atoms with van der Waals surface area (Å²) in [6.07, 6.45) is 6.51. The number of ether oxygens (including phenoxy) is 1. The number of rotatable bonds is 4. The summed E-state index contributed by atoms with van der Waals surface area (Å²) in [5.74, 6) is 1.37. The predicted octanol–water partition coefficient (Wildman–Crippen LogP) is 2.13. The van der Waals surface area contributed by atoms with Crippen molar-refractivity contribution in [1.29, 1.82) is 0 Å². The van der Waals surface area contributed by atoms with Gasteiger partial charge >= 0.3 is 5.97 Å². The topological polar surface area (TPSA) is 52.3 Å². The SMILES string of the molecule is COC(=O)CC[C@H]1CC[C@H](CN)CC1.Cl. The second-order valence-electron chi connectivity index (χ2n) is 4.24. The third kappa shape index (κ3) is 5.38. The van der Waals surface area contributed by atoms with Crippen LogP contribution in [-0.2, 0) is 9.53 Å². The zero-order valence-electron chi connectivity index (χ0n) is 9.41. The highest BCUT2D eigenvalue weighted by Gasteiger charge is 2.20. The van der Waals surface area contributed by atoms with Crippen LogP contribution in [0, 0.1) is 11.8 Å². The van der Waals surface area contributed by atoms with Crippen molar-refractivity contribution in [2.45, 2.75) is 38.5 Å². The number of hydrogen-bond acceptors (Lipinski definition) is 3. The Morgan fingerprint density at radius 2 is 1.80 bits per heavy atom. The van der Waals surface area contributed by atoms with Gasteiger partial charge in [-0.05, 0) is 37.6 Å². The van der Waals surface area contributed by atoms with Crippen LogP contribution in [0.4, 0.5) is 0 Å². The van der Waals surface area contributed by atoms with Gasteiger partial charge in [0.25, 0.3) is 0 Å². The molecular formula is C11H22ClNO2. The fraction of sp³-hybridized carbons (Fsp3) is 0.909. The maximum Gasteiger partial charge on any atom is 0.305 e. The van der Waals surface area contributed by atoms with Crippen molar-refractivity contribution in [3.8, 4) is 0 Å². The van der Waals surface area contributed by atoms with Gasteiger partial charge in [-0.25, -0.2) is 0 Å². The van der Waals surface area contributed by atoms with Crippen molar-refractivity contribution in [2.24, 2.45) is 17.6 Å². The fourth-order valence-corrected chi connectivity index (χ4v) is 2.18. The number of halogens is 1. The average molecular weight is 236 g/mol. The molecule has 0 radical (unpaired) electrons. The molecule has 1 fully saturated rings. The van der Waals surface area contributed by atoms with E-state index >= 15 is 0 Å². The molecule has 0 atom stereocenters. The third-order valence-electron chi connectivity index (χ3n) is 3.28. The maximum absolute atomic E-state index is 10.9. The van der Waals surface area contributed by atoms with Crippen LogP contribution in [0.15, 0.2) is 0 Å². The normalized spacial score (nSPS) is 25.5. The van der Waals surface area contributed by atoms with E-state index in [1.165, 1.54) is 32.8 Å². The Morgan fingerprint density at radius 3 is 2.27 bits per heavy atom. The molecule has 0 spiro atoms. The summed E-state index contributed by atoms with van der Waals surface area (Å²) in [5, 5.41) is 0. The van der Waals surface area contributed by atoms with Gasteiger partial charge in [-0.3, -0.25) is 4.79 Å². The average Bonchev–Trinajstić information content (AvgIpc) is 2.26. The van der Waals surface area contributed by atoms with Crippen molar-refractivity contribution in [3.63, 3.8) is 0 Å². The van der Waals surface area contributed by atoms with Gasteiger partial charge < -0.3 is 10.5 Å². The highest BCUT2D eigenvalue weighted by molar-refractivity contribution is 5.85. The van der Waals surface area contributed by atoms with E-state index in [1.807, 2.05) is 0 Å². The van der Waals surface area contributed by atoms with E-state index in [2.05, 4.69) is 4.74 Å². The summed E-state index contributed by atoms with van der Waals surface area (Å²) in [6.45, 7) is 0.823. The highest BCUT2D eigenvalue weighted by Crippen LogP contribution is 2.30. The molecule has 15 heavy (non-hydrogen) atoms. The molecule has 0 aromatic carbocycles. The Balaban J connectivity index is 0.00000196. The van der Waals surface area contributed by atoms with Crippen LogP contribution in [0.25, 0.3) is 0 Å². The lowest BCUT2D eigenvalue weighted by Crippen LogP contribution is -2.21. The van der Waals surface area contributed by atoms with E-state index < -0.39 is 0 Å². The van der Waals surface area contributed by atoms with Crippen LogP contribution in [-0.4, -0.2) is 19.6 Å². The molecule has 0 bridgehead atoms. The van der Waals surface area contributed by atoms with Crippen molar-refractivity contribution in [2.75, 3.05) is 13.7 Å². The van der Waals surface area contributed by atoms with Gasteiger partial charge in [-0.1, -0.05) is 12.8 Å². The number of methoxy groups -OCH3 is 1. The molecule has 0 heterocycles. The lowest BCUT2D eigenvalue weighted by atomic mass is 9.80. The van der Waals surface area contributed by atoms with Gasteiger partial charge in [0.15, 0.2) is 0 Å². The first-order chi connectivity index (χ1) is 6.76. The second-order valence-corrected chi connectivity index (χ2v) is 4.24. The van der Waals surface area contributed by atoms with E-state index in [-0.39, 0.29) is 18.4 Å². The smallest absolute Gasteiger partial charge is 0.305 e. The highest BCUT2D eigenvalue weighted by atomic mass is 35.5. The minimum Gasteiger partial charge on any atom is -0.469 e. The minimum absolute atomic E-state index is 0. The van der Waals surface area contributed by atoms with E-state index in [1.54, 1.807) is 0 Å². The summed E-state index contributed by atoms with van der Waals surface area (Å²) < 4.78 is 4.62. The molecule has 0 saturated heterocycles. The molecule has 1 aliphatic rings. The van der Waals surface area contributed by atoms with Crippen molar-refractivity contribution >= 4 is 18.4 Å². The van der Waals surface area contributed by atoms with Crippen molar-refractivity contribution < 1.29 is 9.53 Å². The van der Waals surface area contributed by atoms with Crippen LogP contribution in [0.3, 0.4) is 0 Å². The lowest BCUT2D eigenvalue weighted by molar-refractivity contribution is -0.141. The Kier molecular flexibility index (Phi) is 7.79. The van der Waals surface area contributed by atoms with Gasteiger partial charge in [0, 0.05) is 6.42 Å². The first-order valence-electron chi connectivity index (χ1n) is 5.53. The molecule has 0 amide bonds. The summed E-state index contributed by atoms with van der Waals surface area (Å²) in [4.78, 5) is 10.9. The molecule has 1 aliphatic carbocycles. The minimum atomic E-state index is -0.0778. The fourth-order valence-electron chi connectivity index (χ4n) is 2.18. The Morgan fingerprint density at radius 1 is 1.27 bits per heavy atom. The summed E-state index contributed by atoms with van der Waals surface area (Å²) in [6, 6.07) is 0. The maximum atomic E-state index is 10.9. The zero-order valence-corrected chi connectivity index (χ0v) is 10.2. The van der Waals surface area contributed by atoms with Gasteiger partial charge in [-0.2, -0.15) is 0 Å². The van der Waals surface area contributed by atoms with Crippen LogP contribution >= 0.6 is 12.4 Å². The molecule has 4 heteroatoms. The van der Waals surface area contributed by atoms with Crippen LogP contribution < -0.4 is 5.73 Å². The molecule has 3 nitrogen and oxygen atoms in total.